The van der Waals surface area contributed by atoms with E-state index in [0.717, 1.165) is 33.4 Å². The number of sulfonamides is 2. The zero-order valence-electron chi connectivity index (χ0n) is 20.5. The maximum Gasteiger partial charge on any atom is 0.241 e. The second-order valence-corrected chi connectivity index (χ2v) is 12.7. The molecule has 0 aliphatic heterocycles. The summed E-state index contributed by atoms with van der Waals surface area (Å²) in [5.74, 6) is 0. The molecule has 2 atom stereocenters. The molecule has 4 aromatic carbocycles. The minimum absolute atomic E-state index is 0.188. The van der Waals surface area contributed by atoms with Gasteiger partial charge in [-0.15, -0.1) is 0 Å². The van der Waals surface area contributed by atoms with Gasteiger partial charge in [-0.05, 0) is 77.9 Å². The number of benzene rings is 4. The van der Waals surface area contributed by atoms with Crippen LogP contribution in [-0.2, 0) is 26.5 Å². The van der Waals surface area contributed by atoms with Crippen molar-refractivity contribution >= 4 is 20.0 Å². The second kappa shape index (κ2) is 9.87. The van der Waals surface area contributed by atoms with E-state index in [0.29, 0.717) is 6.42 Å². The SMILES string of the molecule is C[C@@H](NS(=O)(=O)c1ccc2c(c1)Cc1cc(S(=O)(=O)N[C@H](C)c3ccccc3)ccc1-2)c1ccccc1. The first-order valence-corrected chi connectivity index (χ1v) is 15.0. The van der Waals surface area contributed by atoms with E-state index in [2.05, 4.69) is 9.44 Å². The topological polar surface area (TPSA) is 92.3 Å². The summed E-state index contributed by atoms with van der Waals surface area (Å²) in [5, 5.41) is 0. The van der Waals surface area contributed by atoms with Gasteiger partial charge in [0.2, 0.25) is 20.0 Å². The predicted octanol–water partition coefficient (Wildman–Crippen LogP) is 5.34. The molecule has 5 rings (SSSR count). The Morgan fingerprint density at radius 2 is 0.946 bits per heavy atom. The van der Waals surface area contributed by atoms with Crippen LogP contribution in [0.15, 0.2) is 107 Å². The van der Waals surface area contributed by atoms with Gasteiger partial charge in [0.15, 0.2) is 0 Å². The molecule has 0 spiro atoms. The average Bonchev–Trinajstić information content (AvgIpc) is 3.26. The minimum atomic E-state index is -3.74. The van der Waals surface area contributed by atoms with Gasteiger partial charge in [0, 0.05) is 12.1 Å². The first kappa shape index (κ1) is 25.4. The highest BCUT2D eigenvalue weighted by molar-refractivity contribution is 7.89. The van der Waals surface area contributed by atoms with E-state index in [9.17, 15) is 16.8 Å². The normalized spacial score (nSPS) is 14.5. The van der Waals surface area contributed by atoms with Crippen molar-refractivity contribution in [1.29, 1.82) is 0 Å². The highest BCUT2D eigenvalue weighted by Gasteiger charge is 2.26. The van der Waals surface area contributed by atoms with E-state index >= 15 is 0 Å². The summed E-state index contributed by atoms with van der Waals surface area (Å²) in [7, 11) is -7.49. The third-order valence-corrected chi connectivity index (χ3v) is 9.78. The van der Waals surface area contributed by atoms with Gasteiger partial charge in [-0.2, -0.15) is 0 Å². The van der Waals surface area contributed by atoms with Crippen LogP contribution in [0.5, 0.6) is 0 Å². The molecule has 0 amide bonds. The summed E-state index contributed by atoms with van der Waals surface area (Å²) >= 11 is 0. The quantitative estimate of drug-likeness (QED) is 0.282. The van der Waals surface area contributed by atoms with Crippen molar-refractivity contribution in [3.05, 3.63) is 119 Å². The number of fused-ring (bicyclic) bond motifs is 3. The van der Waals surface area contributed by atoms with Gasteiger partial charge in [0.05, 0.1) is 9.79 Å². The zero-order chi connectivity index (χ0) is 26.2. The highest BCUT2D eigenvalue weighted by Crippen LogP contribution is 2.39. The Kier molecular flexibility index (Phi) is 6.76. The monoisotopic (exact) mass is 532 g/mol. The van der Waals surface area contributed by atoms with Gasteiger partial charge in [0.25, 0.3) is 0 Å². The van der Waals surface area contributed by atoms with Crippen molar-refractivity contribution in [1.82, 2.24) is 9.44 Å². The molecule has 0 saturated heterocycles. The lowest BCUT2D eigenvalue weighted by Crippen LogP contribution is -2.27. The van der Waals surface area contributed by atoms with Crippen LogP contribution in [0, 0.1) is 0 Å². The van der Waals surface area contributed by atoms with E-state index in [1.54, 1.807) is 36.4 Å². The molecule has 190 valence electrons. The van der Waals surface area contributed by atoms with Crippen LogP contribution in [0.25, 0.3) is 11.1 Å². The summed E-state index contributed by atoms with van der Waals surface area (Å²) in [6.45, 7) is 3.62. The molecule has 37 heavy (non-hydrogen) atoms. The van der Waals surface area contributed by atoms with E-state index in [1.165, 1.54) is 0 Å². The lowest BCUT2D eigenvalue weighted by molar-refractivity contribution is 0.565. The smallest absolute Gasteiger partial charge is 0.207 e. The molecule has 4 aromatic rings. The van der Waals surface area contributed by atoms with Gasteiger partial charge < -0.3 is 0 Å². The van der Waals surface area contributed by atoms with E-state index in [1.807, 2.05) is 74.5 Å². The van der Waals surface area contributed by atoms with Crippen molar-refractivity contribution in [2.45, 2.75) is 42.1 Å². The fourth-order valence-corrected chi connectivity index (χ4v) is 7.28. The average molecular weight is 533 g/mol. The Balaban J connectivity index is 1.36. The van der Waals surface area contributed by atoms with Crippen molar-refractivity contribution in [3.8, 4) is 11.1 Å². The lowest BCUT2D eigenvalue weighted by Gasteiger charge is -2.15. The highest BCUT2D eigenvalue weighted by atomic mass is 32.2. The van der Waals surface area contributed by atoms with Crippen molar-refractivity contribution in [3.63, 3.8) is 0 Å². The van der Waals surface area contributed by atoms with E-state index in [4.69, 9.17) is 0 Å². The van der Waals surface area contributed by atoms with Crippen molar-refractivity contribution in [2.75, 3.05) is 0 Å². The molecule has 2 N–H and O–H groups in total. The third kappa shape index (κ3) is 5.24. The van der Waals surface area contributed by atoms with Crippen LogP contribution in [0.4, 0.5) is 0 Å². The fraction of sp³-hybridized carbons (Fsp3) is 0.172. The van der Waals surface area contributed by atoms with Crippen LogP contribution in [-0.4, -0.2) is 16.8 Å². The van der Waals surface area contributed by atoms with Crippen LogP contribution < -0.4 is 9.44 Å². The van der Waals surface area contributed by atoms with Crippen molar-refractivity contribution in [2.24, 2.45) is 0 Å². The standard InChI is InChI=1S/C29H28N2O4S2/c1-20(22-9-5-3-6-10-22)30-36(32,33)26-13-15-28-24(18-26)17-25-19-27(14-16-29(25)28)37(34,35)31-21(2)23-11-7-4-8-12-23/h3-16,18-21,30-31H,17H2,1-2H3/t20-,21-/m1/s1. The Hall–Kier alpha value is -3.30. The number of hydrogen-bond acceptors (Lipinski definition) is 4. The van der Waals surface area contributed by atoms with Gasteiger partial charge >= 0.3 is 0 Å². The molecule has 0 aromatic heterocycles. The summed E-state index contributed by atoms with van der Waals surface area (Å²) in [4.78, 5) is 0.376. The Labute approximate surface area is 218 Å². The molecule has 0 bridgehead atoms. The first-order valence-electron chi connectivity index (χ1n) is 12.0. The second-order valence-electron chi connectivity index (χ2n) is 9.32. The molecular weight excluding hydrogens is 504 g/mol. The van der Waals surface area contributed by atoms with Gasteiger partial charge in [-0.3, -0.25) is 0 Å². The maximum atomic E-state index is 13.1. The lowest BCUT2D eigenvalue weighted by atomic mass is 10.1. The predicted molar refractivity (Wildman–Crippen MR) is 145 cm³/mol. The zero-order valence-corrected chi connectivity index (χ0v) is 22.2. The van der Waals surface area contributed by atoms with Gasteiger partial charge in [-0.1, -0.05) is 72.8 Å². The van der Waals surface area contributed by atoms with Crippen molar-refractivity contribution < 1.29 is 16.8 Å². The Morgan fingerprint density at radius 3 is 1.32 bits per heavy atom. The van der Waals surface area contributed by atoms with Crippen LogP contribution in [0.3, 0.4) is 0 Å². The van der Waals surface area contributed by atoms with Crippen LogP contribution in [0.2, 0.25) is 0 Å². The van der Waals surface area contributed by atoms with Crippen LogP contribution in [0.1, 0.15) is 48.2 Å². The molecule has 0 saturated carbocycles. The number of nitrogens with one attached hydrogen (secondary N) is 2. The number of hydrogen-bond donors (Lipinski definition) is 2. The Bertz CT molecular complexity index is 1530. The maximum absolute atomic E-state index is 13.1. The van der Waals surface area contributed by atoms with Gasteiger partial charge in [0.1, 0.15) is 0 Å². The van der Waals surface area contributed by atoms with Gasteiger partial charge in [-0.25, -0.2) is 26.3 Å². The summed E-state index contributed by atoms with van der Waals surface area (Å²) in [6.07, 6.45) is 0.458. The fourth-order valence-electron chi connectivity index (χ4n) is 4.72. The van der Waals surface area contributed by atoms with E-state index < -0.39 is 20.0 Å². The first-order chi connectivity index (χ1) is 17.6. The molecule has 0 fully saturated rings. The summed E-state index contributed by atoms with van der Waals surface area (Å²) in [6, 6.07) is 28.2. The third-order valence-electron chi connectivity index (χ3n) is 6.71. The Morgan fingerprint density at radius 1 is 0.568 bits per heavy atom. The summed E-state index contributed by atoms with van der Waals surface area (Å²) < 4.78 is 57.9. The molecule has 6 nitrogen and oxygen atoms in total. The molecule has 0 heterocycles. The van der Waals surface area contributed by atoms with E-state index in [-0.39, 0.29) is 21.9 Å². The molecule has 8 heteroatoms. The molecule has 1 aliphatic carbocycles. The molecule has 0 unspecified atom stereocenters. The summed E-state index contributed by atoms with van der Waals surface area (Å²) in [5.41, 5.74) is 5.29. The minimum Gasteiger partial charge on any atom is -0.207 e. The number of rotatable bonds is 8. The molecule has 1 aliphatic rings. The molecular formula is C29H28N2O4S2. The molecule has 0 radical (unpaired) electrons. The van der Waals surface area contributed by atoms with Crippen LogP contribution >= 0.6 is 0 Å². The largest absolute Gasteiger partial charge is 0.241 e.